The van der Waals surface area contributed by atoms with Crippen LogP contribution in [0.1, 0.15) is 16.8 Å². The van der Waals surface area contributed by atoms with Crippen molar-refractivity contribution in [1.82, 2.24) is 15.0 Å². The summed E-state index contributed by atoms with van der Waals surface area (Å²) in [6.45, 7) is 1.90. The highest BCUT2D eigenvalue weighted by molar-refractivity contribution is 5.87. The number of H-pyrrole nitrogens is 2. The van der Waals surface area contributed by atoms with Crippen LogP contribution < -0.4 is 11.4 Å². The number of imidazole rings is 1. The molecular formula is C14H14N4O. The molecule has 5 nitrogen and oxygen atoms in total. The molecule has 2 heterocycles. The molecule has 0 aliphatic rings. The summed E-state index contributed by atoms with van der Waals surface area (Å²) < 4.78 is 0. The largest absolute Gasteiger partial charge is 0.382 e. The number of fused-ring (bicyclic) bond motifs is 1. The van der Waals surface area contributed by atoms with Gasteiger partial charge in [-0.3, -0.25) is 0 Å². The summed E-state index contributed by atoms with van der Waals surface area (Å²) in [6.07, 6.45) is 0.713. The van der Waals surface area contributed by atoms with Gasteiger partial charge >= 0.3 is 5.69 Å². The summed E-state index contributed by atoms with van der Waals surface area (Å²) >= 11 is 0. The third kappa shape index (κ3) is 1.99. The lowest BCUT2D eigenvalue weighted by Gasteiger charge is -2.08. The molecule has 0 aliphatic carbocycles. The number of aromatic nitrogens is 3. The SMILES string of the molecule is Cc1nc(N)c2[nH]c(=O)[nH]c2c1Cc1ccccc1. The van der Waals surface area contributed by atoms with E-state index in [2.05, 4.69) is 15.0 Å². The molecular weight excluding hydrogens is 240 g/mol. The Morgan fingerprint density at radius 2 is 1.84 bits per heavy atom. The van der Waals surface area contributed by atoms with Crippen molar-refractivity contribution in [2.75, 3.05) is 5.73 Å². The Hall–Kier alpha value is -2.56. The maximum Gasteiger partial charge on any atom is 0.323 e. The molecule has 0 saturated carbocycles. The fourth-order valence-corrected chi connectivity index (χ4v) is 2.30. The molecule has 19 heavy (non-hydrogen) atoms. The normalized spacial score (nSPS) is 11.0. The van der Waals surface area contributed by atoms with Crippen LogP contribution in [0.15, 0.2) is 35.1 Å². The number of nitrogens with zero attached hydrogens (tertiary/aromatic N) is 1. The monoisotopic (exact) mass is 254 g/mol. The topological polar surface area (TPSA) is 87.6 Å². The maximum absolute atomic E-state index is 11.5. The summed E-state index contributed by atoms with van der Waals surface area (Å²) in [5, 5.41) is 0. The maximum atomic E-state index is 11.5. The number of benzene rings is 1. The Morgan fingerprint density at radius 1 is 1.16 bits per heavy atom. The van der Waals surface area contributed by atoms with E-state index in [0.717, 1.165) is 16.8 Å². The Labute approximate surface area is 109 Å². The van der Waals surface area contributed by atoms with Gasteiger partial charge in [-0.05, 0) is 12.5 Å². The molecule has 0 radical (unpaired) electrons. The van der Waals surface area contributed by atoms with Gasteiger partial charge in [-0.1, -0.05) is 30.3 Å². The molecule has 2 aromatic heterocycles. The third-order valence-corrected chi connectivity index (χ3v) is 3.23. The number of nitrogens with one attached hydrogen (secondary N) is 2. The number of hydrogen-bond donors (Lipinski definition) is 3. The van der Waals surface area contributed by atoms with E-state index in [4.69, 9.17) is 5.73 Å². The minimum Gasteiger partial charge on any atom is -0.382 e. The van der Waals surface area contributed by atoms with Crippen LogP contribution in [0.3, 0.4) is 0 Å². The average Bonchev–Trinajstić information content (AvgIpc) is 2.78. The molecule has 0 bridgehead atoms. The van der Waals surface area contributed by atoms with Gasteiger partial charge < -0.3 is 15.7 Å². The van der Waals surface area contributed by atoms with E-state index < -0.39 is 0 Å². The van der Waals surface area contributed by atoms with E-state index in [1.54, 1.807) is 0 Å². The van der Waals surface area contributed by atoms with Crippen LogP contribution in [-0.2, 0) is 6.42 Å². The average molecular weight is 254 g/mol. The second-order valence-electron chi connectivity index (χ2n) is 4.55. The molecule has 1 aromatic carbocycles. The summed E-state index contributed by atoms with van der Waals surface area (Å²) in [6, 6.07) is 10.1. The standard InChI is InChI=1S/C14H14N4O/c1-8-10(7-9-5-3-2-4-6-9)11-12(13(15)16-8)18-14(19)17-11/h2-6H,7H2,1H3,(H2,15,16)(H2,17,18,19). The molecule has 0 saturated heterocycles. The van der Waals surface area contributed by atoms with Gasteiger partial charge in [0.05, 0.1) is 5.52 Å². The van der Waals surface area contributed by atoms with Crippen molar-refractivity contribution >= 4 is 16.9 Å². The molecule has 3 aromatic rings. The van der Waals surface area contributed by atoms with Crippen LogP contribution >= 0.6 is 0 Å². The predicted molar refractivity (Wildman–Crippen MR) is 75.1 cm³/mol. The number of pyridine rings is 1. The lowest BCUT2D eigenvalue weighted by Crippen LogP contribution is -2.01. The van der Waals surface area contributed by atoms with Crippen LogP contribution in [0.4, 0.5) is 5.82 Å². The van der Waals surface area contributed by atoms with Crippen molar-refractivity contribution in [3.63, 3.8) is 0 Å². The van der Waals surface area contributed by atoms with Crippen molar-refractivity contribution in [3.05, 3.63) is 57.6 Å². The first-order valence-corrected chi connectivity index (χ1v) is 6.06. The molecule has 0 atom stereocenters. The molecule has 0 unspecified atom stereocenters. The number of aryl methyl sites for hydroxylation is 1. The van der Waals surface area contributed by atoms with E-state index in [0.29, 0.717) is 17.8 Å². The van der Waals surface area contributed by atoms with E-state index in [1.807, 2.05) is 37.3 Å². The van der Waals surface area contributed by atoms with Gasteiger partial charge in [0.2, 0.25) is 0 Å². The molecule has 0 amide bonds. The van der Waals surface area contributed by atoms with Crippen LogP contribution in [0.2, 0.25) is 0 Å². The van der Waals surface area contributed by atoms with E-state index in [-0.39, 0.29) is 5.69 Å². The molecule has 0 aliphatic heterocycles. The zero-order valence-corrected chi connectivity index (χ0v) is 10.5. The Bertz CT molecular complexity index is 786. The van der Waals surface area contributed by atoms with Crippen molar-refractivity contribution in [2.24, 2.45) is 0 Å². The van der Waals surface area contributed by atoms with E-state index >= 15 is 0 Å². The van der Waals surface area contributed by atoms with Crippen molar-refractivity contribution in [3.8, 4) is 0 Å². The molecule has 5 heteroatoms. The van der Waals surface area contributed by atoms with Crippen LogP contribution in [0.5, 0.6) is 0 Å². The van der Waals surface area contributed by atoms with Crippen LogP contribution in [0, 0.1) is 6.92 Å². The second kappa shape index (κ2) is 4.28. The number of aromatic amines is 2. The highest BCUT2D eigenvalue weighted by atomic mass is 16.1. The third-order valence-electron chi connectivity index (χ3n) is 3.23. The van der Waals surface area contributed by atoms with E-state index in [9.17, 15) is 4.79 Å². The Kier molecular flexibility index (Phi) is 2.59. The highest BCUT2D eigenvalue weighted by Gasteiger charge is 2.13. The van der Waals surface area contributed by atoms with Gasteiger partial charge in [0, 0.05) is 17.7 Å². The molecule has 3 rings (SSSR count). The first-order valence-electron chi connectivity index (χ1n) is 6.06. The minimum absolute atomic E-state index is 0.261. The molecule has 0 fully saturated rings. The number of nitrogens with two attached hydrogens (primary N) is 1. The molecule has 0 spiro atoms. The summed E-state index contributed by atoms with van der Waals surface area (Å²) in [5.74, 6) is 0.350. The van der Waals surface area contributed by atoms with Gasteiger partial charge in [0.25, 0.3) is 0 Å². The smallest absolute Gasteiger partial charge is 0.323 e. The van der Waals surface area contributed by atoms with E-state index in [1.165, 1.54) is 5.56 Å². The fraction of sp³-hybridized carbons (Fsp3) is 0.143. The second-order valence-corrected chi connectivity index (χ2v) is 4.55. The molecule has 96 valence electrons. The summed E-state index contributed by atoms with van der Waals surface area (Å²) in [7, 11) is 0. The number of anilines is 1. The van der Waals surface area contributed by atoms with Crippen molar-refractivity contribution < 1.29 is 0 Å². The van der Waals surface area contributed by atoms with Gasteiger partial charge in [-0.15, -0.1) is 0 Å². The Morgan fingerprint density at radius 3 is 2.58 bits per heavy atom. The van der Waals surface area contributed by atoms with Gasteiger partial charge in [0.15, 0.2) is 0 Å². The zero-order valence-electron chi connectivity index (χ0n) is 10.5. The number of hydrogen-bond acceptors (Lipinski definition) is 3. The lowest BCUT2D eigenvalue weighted by atomic mass is 10.0. The van der Waals surface area contributed by atoms with Gasteiger partial charge in [-0.2, -0.15) is 0 Å². The quantitative estimate of drug-likeness (QED) is 0.650. The number of rotatable bonds is 2. The molecule has 4 N–H and O–H groups in total. The highest BCUT2D eigenvalue weighted by Crippen LogP contribution is 2.23. The zero-order chi connectivity index (χ0) is 13.4. The fourth-order valence-electron chi connectivity index (χ4n) is 2.30. The minimum atomic E-state index is -0.261. The van der Waals surface area contributed by atoms with Crippen LogP contribution in [-0.4, -0.2) is 15.0 Å². The first-order chi connectivity index (χ1) is 9.15. The lowest BCUT2D eigenvalue weighted by molar-refractivity contribution is 1.10. The van der Waals surface area contributed by atoms with Gasteiger partial charge in [0.1, 0.15) is 11.3 Å². The number of nitrogen functional groups attached to an aromatic ring is 1. The first kappa shape index (κ1) is 11.5. The summed E-state index contributed by atoms with van der Waals surface area (Å²) in [4.78, 5) is 21.2. The van der Waals surface area contributed by atoms with Crippen LogP contribution in [0.25, 0.3) is 11.0 Å². The Balaban J connectivity index is 2.20. The van der Waals surface area contributed by atoms with Crippen molar-refractivity contribution in [1.29, 1.82) is 0 Å². The van der Waals surface area contributed by atoms with Crippen molar-refractivity contribution in [2.45, 2.75) is 13.3 Å². The summed E-state index contributed by atoms with van der Waals surface area (Å²) in [5.41, 5.74) is 9.90. The predicted octanol–water partition coefficient (Wildman–Crippen LogP) is 1.73. The van der Waals surface area contributed by atoms with Gasteiger partial charge in [-0.25, -0.2) is 9.78 Å².